The number of hydrogen-bond donors (Lipinski definition) is 2. The number of furan rings is 1. The summed E-state index contributed by atoms with van der Waals surface area (Å²) in [5, 5.41) is 6.76. The van der Waals surface area contributed by atoms with E-state index in [1.165, 1.54) is 19.3 Å². The topological polar surface area (TPSA) is 49.6 Å². The molecule has 2 N–H and O–H groups in total. The molecule has 0 aliphatic heterocycles. The molecule has 108 valence electrons. The summed E-state index contributed by atoms with van der Waals surface area (Å²) < 4.78 is 5.28. The lowest BCUT2D eigenvalue weighted by atomic mass is 10.2. The number of guanidine groups is 1. The number of halogens is 1. The Kier molecular flexibility index (Phi) is 7.27. The lowest BCUT2D eigenvalue weighted by Gasteiger charge is -2.10. The van der Waals surface area contributed by atoms with Gasteiger partial charge in [-0.3, -0.25) is 0 Å². The van der Waals surface area contributed by atoms with Crippen LogP contribution in [0.3, 0.4) is 0 Å². The van der Waals surface area contributed by atoms with E-state index in [0.717, 1.165) is 24.2 Å². The molecule has 0 bridgehead atoms. The summed E-state index contributed by atoms with van der Waals surface area (Å²) in [6.07, 6.45) is 5.54. The highest BCUT2D eigenvalue weighted by atomic mass is 127. The maximum atomic E-state index is 5.28. The first-order valence-corrected chi connectivity index (χ1v) is 6.90. The highest BCUT2D eigenvalue weighted by molar-refractivity contribution is 14.0. The van der Waals surface area contributed by atoms with Crippen LogP contribution in [-0.2, 0) is 6.54 Å². The first-order chi connectivity index (χ1) is 8.83. The fourth-order valence-corrected chi connectivity index (χ4v) is 2.17. The van der Waals surface area contributed by atoms with E-state index < -0.39 is 0 Å². The number of nitrogens with zero attached hydrogens (tertiary/aromatic N) is 1. The van der Waals surface area contributed by atoms with Gasteiger partial charge in [0, 0.05) is 12.6 Å². The second kappa shape index (κ2) is 8.45. The minimum Gasteiger partial charge on any atom is -0.467 e. The monoisotopic (exact) mass is 377 g/mol. The van der Waals surface area contributed by atoms with Crippen molar-refractivity contribution in [3.63, 3.8) is 0 Å². The summed E-state index contributed by atoms with van der Waals surface area (Å²) in [4.78, 5) is 4.53. The third-order valence-corrected chi connectivity index (χ3v) is 3.22. The molecule has 0 saturated heterocycles. The van der Waals surface area contributed by atoms with Gasteiger partial charge >= 0.3 is 0 Å². The van der Waals surface area contributed by atoms with Crippen molar-refractivity contribution in [3.05, 3.63) is 24.2 Å². The molecule has 1 aliphatic rings. The Morgan fingerprint density at radius 2 is 2.32 bits per heavy atom. The van der Waals surface area contributed by atoms with Crippen LogP contribution in [0.25, 0.3) is 0 Å². The summed E-state index contributed by atoms with van der Waals surface area (Å²) in [5.41, 5.74) is 0. The molecule has 4 nitrogen and oxygen atoms in total. The summed E-state index contributed by atoms with van der Waals surface area (Å²) in [6, 6.07) is 4.45. The Morgan fingerprint density at radius 1 is 1.47 bits per heavy atom. The fraction of sp³-hybridized carbons (Fsp3) is 0.643. The van der Waals surface area contributed by atoms with Crippen molar-refractivity contribution in [2.75, 3.05) is 6.54 Å². The first kappa shape index (κ1) is 16.3. The molecule has 0 spiro atoms. The van der Waals surface area contributed by atoms with Crippen LogP contribution < -0.4 is 10.6 Å². The molecule has 1 fully saturated rings. The van der Waals surface area contributed by atoms with E-state index >= 15 is 0 Å². The molecule has 19 heavy (non-hydrogen) atoms. The van der Waals surface area contributed by atoms with Gasteiger partial charge in [0.2, 0.25) is 0 Å². The second-order valence-corrected chi connectivity index (χ2v) is 4.81. The molecule has 1 aromatic rings. The fourth-order valence-electron chi connectivity index (χ4n) is 2.17. The molecule has 5 heteroatoms. The zero-order valence-electron chi connectivity index (χ0n) is 11.7. The van der Waals surface area contributed by atoms with E-state index in [9.17, 15) is 0 Å². The number of nitrogens with one attached hydrogen (secondary N) is 2. The van der Waals surface area contributed by atoms with Crippen molar-refractivity contribution in [1.29, 1.82) is 0 Å². The van der Waals surface area contributed by atoms with E-state index in [1.807, 2.05) is 12.1 Å². The van der Waals surface area contributed by atoms with Gasteiger partial charge in [0.05, 0.1) is 6.26 Å². The average molecular weight is 377 g/mol. The van der Waals surface area contributed by atoms with Crippen molar-refractivity contribution in [2.24, 2.45) is 10.9 Å². The van der Waals surface area contributed by atoms with Gasteiger partial charge in [-0.15, -0.1) is 24.0 Å². The first-order valence-electron chi connectivity index (χ1n) is 6.90. The number of aliphatic imine (C=N–C) groups is 1. The Morgan fingerprint density at radius 3 is 2.95 bits per heavy atom. The van der Waals surface area contributed by atoms with Gasteiger partial charge in [0.25, 0.3) is 0 Å². The van der Waals surface area contributed by atoms with Crippen LogP contribution in [0.2, 0.25) is 0 Å². The summed E-state index contributed by atoms with van der Waals surface area (Å²) in [5.74, 6) is 2.63. The predicted molar refractivity (Wildman–Crippen MR) is 88.9 cm³/mol. The van der Waals surface area contributed by atoms with E-state index in [-0.39, 0.29) is 24.0 Å². The largest absolute Gasteiger partial charge is 0.467 e. The molecular formula is C14H24IN3O. The minimum absolute atomic E-state index is 0. The molecule has 1 saturated carbocycles. The predicted octanol–water partition coefficient (Wildman–Crippen LogP) is 3.14. The Balaban J connectivity index is 0.00000180. The third-order valence-electron chi connectivity index (χ3n) is 3.22. The van der Waals surface area contributed by atoms with E-state index in [2.05, 4.69) is 29.5 Å². The smallest absolute Gasteiger partial charge is 0.191 e. The molecule has 1 heterocycles. The summed E-state index contributed by atoms with van der Waals surface area (Å²) in [7, 11) is 0. The normalized spacial score (nSPS) is 21.7. The van der Waals surface area contributed by atoms with Crippen LogP contribution in [0.4, 0.5) is 0 Å². The second-order valence-electron chi connectivity index (χ2n) is 4.81. The molecule has 2 rings (SSSR count). The van der Waals surface area contributed by atoms with E-state index in [0.29, 0.717) is 12.6 Å². The van der Waals surface area contributed by atoms with Gasteiger partial charge in [0.15, 0.2) is 5.96 Å². The van der Waals surface area contributed by atoms with Crippen LogP contribution in [-0.4, -0.2) is 18.5 Å². The third kappa shape index (κ3) is 5.42. The quantitative estimate of drug-likeness (QED) is 0.455. The van der Waals surface area contributed by atoms with Gasteiger partial charge in [-0.1, -0.05) is 13.3 Å². The number of hydrogen-bond acceptors (Lipinski definition) is 2. The number of rotatable bonds is 6. The summed E-state index contributed by atoms with van der Waals surface area (Å²) >= 11 is 0. The van der Waals surface area contributed by atoms with Gasteiger partial charge in [0.1, 0.15) is 12.3 Å². The van der Waals surface area contributed by atoms with E-state index in [4.69, 9.17) is 4.42 Å². The van der Waals surface area contributed by atoms with Crippen LogP contribution in [0.1, 0.15) is 38.9 Å². The molecule has 0 aromatic carbocycles. The Bertz CT molecular complexity index is 378. The van der Waals surface area contributed by atoms with Crippen molar-refractivity contribution >= 4 is 29.9 Å². The minimum atomic E-state index is 0. The van der Waals surface area contributed by atoms with Crippen molar-refractivity contribution in [1.82, 2.24) is 10.6 Å². The van der Waals surface area contributed by atoms with E-state index in [1.54, 1.807) is 6.26 Å². The highest BCUT2D eigenvalue weighted by Gasteiger charge is 2.36. The van der Waals surface area contributed by atoms with Gasteiger partial charge in [-0.05, 0) is 37.8 Å². The van der Waals surface area contributed by atoms with Crippen molar-refractivity contribution < 1.29 is 4.42 Å². The summed E-state index contributed by atoms with van der Waals surface area (Å²) in [6.45, 7) is 5.80. The average Bonchev–Trinajstić information content (AvgIpc) is 2.90. The van der Waals surface area contributed by atoms with Crippen LogP contribution >= 0.6 is 24.0 Å². The molecule has 0 amide bonds. The van der Waals surface area contributed by atoms with Gasteiger partial charge < -0.3 is 15.1 Å². The molecule has 1 aliphatic carbocycles. The molecule has 1 aromatic heterocycles. The van der Waals surface area contributed by atoms with Gasteiger partial charge in [-0.25, -0.2) is 4.99 Å². The Labute approximate surface area is 132 Å². The van der Waals surface area contributed by atoms with Crippen molar-refractivity contribution in [3.8, 4) is 0 Å². The lowest BCUT2D eigenvalue weighted by Crippen LogP contribution is -2.39. The molecule has 0 radical (unpaired) electrons. The maximum Gasteiger partial charge on any atom is 0.191 e. The molecular weight excluding hydrogens is 353 g/mol. The SMILES string of the molecule is CCCC1CC1NC(=NCc1ccco1)NCC.I. The van der Waals surface area contributed by atoms with Gasteiger partial charge in [-0.2, -0.15) is 0 Å². The molecule has 2 unspecified atom stereocenters. The highest BCUT2D eigenvalue weighted by Crippen LogP contribution is 2.34. The van der Waals surface area contributed by atoms with Crippen LogP contribution in [0, 0.1) is 5.92 Å². The van der Waals surface area contributed by atoms with Crippen molar-refractivity contribution in [2.45, 2.75) is 45.7 Å². The zero-order valence-corrected chi connectivity index (χ0v) is 14.0. The Hall–Kier alpha value is -0.720. The van der Waals surface area contributed by atoms with Crippen LogP contribution in [0.5, 0.6) is 0 Å². The maximum absolute atomic E-state index is 5.28. The van der Waals surface area contributed by atoms with Crippen LogP contribution in [0.15, 0.2) is 27.8 Å². The standard InChI is InChI=1S/C14H23N3O.HI/c1-3-6-11-9-13(11)17-14(15-4-2)16-10-12-7-5-8-18-12;/h5,7-8,11,13H,3-4,6,9-10H2,1-2H3,(H2,15,16,17);1H. The lowest BCUT2D eigenvalue weighted by molar-refractivity contribution is 0.511. The zero-order chi connectivity index (χ0) is 12.8. The molecule has 2 atom stereocenters.